The number of ether oxygens (including phenoxy) is 1. The Morgan fingerprint density at radius 1 is 1.38 bits per heavy atom. The second-order valence-corrected chi connectivity index (χ2v) is 5.14. The minimum Gasteiger partial charge on any atom is -0.467 e. The first-order chi connectivity index (χ1) is 10.1. The first-order valence-corrected chi connectivity index (χ1v) is 6.91. The predicted octanol–water partition coefficient (Wildman–Crippen LogP) is 3.29. The van der Waals surface area contributed by atoms with Crippen molar-refractivity contribution in [1.82, 2.24) is 4.98 Å². The van der Waals surface area contributed by atoms with Gasteiger partial charge < -0.3 is 9.72 Å². The quantitative estimate of drug-likeness (QED) is 0.676. The number of rotatable bonds is 5. The zero-order valence-corrected chi connectivity index (χ0v) is 12.6. The highest BCUT2D eigenvalue weighted by Gasteiger charge is 2.19. The van der Waals surface area contributed by atoms with Gasteiger partial charge in [-0.25, -0.2) is 4.79 Å². The number of hydrogen-bond donors (Lipinski definition) is 1. The maximum absolute atomic E-state index is 11.9. The van der Waals surface area contributed by atoms with Gasteiger partial charge >= 0.3 is 5.97 Å². The van der Waals surface area contributed by atoms with Crippen LogP contribution in [-0.4, -0.2) is 30.3 Å². The van der Waals surface area contributed by atoms with Crippen molar-refractivity contribution < 1.29 is 9.53 Å². The van der Waals surface area contributed by atoms with Gasteiger partial charge in [0.05, 0.1) is 7.11 Å². The SMILES string of the molecule is COC(=O)[C@@H](Cc1c[nH]c2ccccc12)N=CC=C(C)C. The topological polar surface area (TPSA) is 54.5 Å². The molecule has 2 rings (SSSR count). The molecule has 0 amide bonds. The molecule has 21 heavy (non-hydrogen) atoms. The van der Waals surface area contributed by atoms with Gasteiger partial charge in [0.1, 0.15) is 0 Å². The molecule has 1 heterocycles. The van der Waals surface area contributed by atoms with Gasteiger partial charge in [-0.2, -0.15) is 0 Å². The number of allylic oxidation sites excluding steroid dienone is 2. The van der Waals surface area contributed by atoms with E-state index >= 15 is 0 Å². The number of aliphatic imine (C=N–C) groups is 1. The Labute approximate surface area is 124 Å². The third-order valence-corrected chi connectivity index (χ3v) is 3.24. The van der Waals surface area contributed by atoms with E-state index in [1.165, 1.54) is 7.11 Å². The predicted molar refractivity (Wildman–Crippen MR) is 85.7 cm³/mol. The molecule has 0 bridgehead atoms. The van der Waals surface area contributed by atoms with Gasteiger partial charge in [0.15, 0.2) is 6.04 Å². The van der Waals surface area contributed by atoms with Gasteiger partial charge in [-0.1, -0.05) is 23.8 Å². The van der Waals surface area contributed by atoms with E-state index in [-0.39, 0.29) is 5.97 Å². The number of para-hydroxylation sites is 1. The van der Waals surface area contributed by atoms with E-state index in [9.17, 15) is 4.79 Å². The number of carbonyl (C=O) groups excluding carboxylic acids is 1. The maximum atomic E-state index is 11.9. The van der Waals surface area contributed by atoms with Crippen LogP contribution in [0.2, 0.25) is 0 Å². The fourth-order valence-corrected chi connectivity index (χ4v) is 2.14. The molecule has 0 aliphatic heterocycles. The molecule has 0 aliphatic rings. The molecule has 1 atom stereocenters. The van der Waals surface area contributed by atoms with Gasteiger partial charge in [-0.3, -0.25) is 4.99 Å². The van der Waals surface area contributed by atoms with Crippen LogP contribution >= 0.6 is 0 Å². The molecule has 1 aromatic heterocycles. The number of nitrogens with zero attached hydrogens (tertiary/aromatic N) is 1. The largest absolute Gasteiger partial charge is 0.467 e. The van der Waals surface area contributed by atoms with E-state index in [0.717, 1.165) is 22.0 Å². The zero-order chi connectivity index (χ0) is 15.2. The number of carbonyl (C=O) groups is 1. The van der Waals surface area contributed by atoms with E-state index in [2.05, 4.69) is 9.98 Å². The summed E-state index contributed by atoms with van der Waals surface area (Å²) in [7, 11) is 1.39. The van der Waals surface area contributed by atoms with Crippen molar-refractivity contribution in [1.29, 1.82) is 0 Å². The van der Waals surface area contributed by atoms with Crippen LogP contribution in [0.25, 0.3) is 10.9 Å². The van der Waals surface area contributed by atoms with Crippen molar-refractivity contribution in [2.75, 3.05) is 7.11 Å². The normalized spacial score (nSPS) is 12.5. The molecule has 0 saturated heterocycles. The third-order valence-electron chi connectivity index (χ3n) is 3.24. The average molecular weight is 284 g/mol. The summed E-state index contributed by atoms with van der Waals surface area (Å²) in [6, 6.07) is 7.49. The molecule has 0 aliphatic carbocycles. The number of aromatic amines is 1. The number of nitrogens with one attached hydrogen (secondary N) is 1. The van der Waals surface area contributed by atoms with Crippen LogP contribution in [0.15, 0.2) is 47.1 Å². The highest BCUT2D eigenvalue weighted by atomic mass is 16.5. The smallest absolute Gasteiger partial charge is 0.330 e. The fraction of sp³-hybridized carbons (Fsp3) is 0.294. The first kappa shape index (κ1) is 15.0. The van der Waals surface area contributed by atoms with Crippen molar-refractivity contribution in [2.45, 2.75) is 26.3 Å². The summed E-state index contributed by atoms with van der Waals surface area (Å²) < 4.78 is 4.85. The lowest BCUT2D eigenvalue weighted by Gasteiger charge is -2.09. The van der Waals surface area contributed by atoms with Crippen LogP contribution in [0.5, 0.6) is 0 Å². The van der Waals surface area contributed by atoms with Crippen molar-refractivity contribution in [3.8, 4) is 0 Å². The molecule has 0 fully saturated rings. The van der Waals surface area contributed by atoms with E-state index in [0.29, 0.717) is 6.42 Å². The van der Waals surface area contributed by atoms with Gasteiger partial charge in [0.25, 0.3) is 0 Å². The van der Waals surface area contributed by atoms with E-state index in [1.54, 1.807) is 6.21 Å². The van der Waals surface area contributed by atoms with Crippen molar-refractivity contribution >= 4 is 23.1 Å². The number of benzene rings is 1. The summed E-state index contributed by atoms with van der Waals surface area (Å²) >= 11 is 0. The fourth-order valence-electron chi connectivity index (χ4n) is 2.14. The summed E-state index contributed by atoms with van der Waals surface area (Å²) in [6.45, 7) is 3.97. The molecule has 1 N–H and O–H groups in total. The Morgan fingerprint density at radius 2 is 2.14 bits per heavy atom. The lowest BCUT2D eigenvalue weighted by molar-refractivity contribution is -0.142. The van der Waals surface area contributed by atoms with Crippen LogP contribution in [-0.2, 0) is 16.0 Å². The van der Waals surface area contributed by atoms with Crippen LogP contribution < -0.4 is 0 Å². The standard InChI is InChI=1S/C17H20N2O2/c1-12(2)8-9-18-16(17(20)21-3)10-13-11-19-15-7-5-4-6-14(13)15/h4-9,11,16,19H,10H2,1-3H3/t16-/m1/s1. The number of esters is 1. The van der Waals surface area contributed by atoms with Crippen molar-refractivity contribution in [3.63, 3.8) is 0 Å². The number of hydrogen-bond acceptors (Lipinski definition) is 3. The summed E-state index contributed by atoms with van der Waals surface area (Å²) in [5.74, 6) is -0.321. The molecule has 0 spiro atoms. The van der Waals surface area contributed by atoms with Crippen LogP contribution in [0.1, 0.15) is 19.4 Å². The molecule has 2 aromatic rings. The molecule has 4 nitrogen and oxygen atoms in total. The summed E-state index contributed by atoms with van der Waals surface area (Å²) in [6.07, 6.45) is 6.00. The summed E-state index contributed by atoms with van der Waals surface area (Å²) in [4.78, 5) is 19.4. The van der Waals surface area contributed by atoms with Crippen molar-refractivity contribution in [3.05, 3.63) is 47.7 Å². The van der Waals surface area contributed by atoms with Gasteiger partial charge in [-0.05, 0) is 31.6 Å². The average Bonchev–Trinajstić information content (AvgIpc) is 2.88. The van der Waals surface area contributed by atoms with Crippen LogP contribution in [0.4, 0.5) is 0 Å². The monoisotopic (exact) mass is 284 g/mol. The van der Waals surface area contributed by atoms with Gasteiger partial charge in [0, 0.05) is 29.7 Å². The highest BCUT2D eigenvalue weighted by Crippen LogP contribution is 2.20. The molecule has 0 unspecified atom stereocenters. The molecular weight excluding hydrogens is 264 g/mol. The van der Waals surface area contributed by atoms with Crippen molar-refractivity contribution in [2.24, 2.45) is 4.99 Å². The van der Waals surface area contributed by atoms with Gasteiger partial charge in [0.2, 0.25) is 0 Å². The van der Waals surface area contributed by atoms with Crippen LogP contribution in [0, 0.1) is 0 Å². The van der Waals surface area contributed by atoms with E-state index in [1.807, 2.05) is 50.4 Å². The number of fused-ring (bicyclic) bond motifs is 1. The first-order valence-electron chi connectivity index (χ1n) is 6.91. The van der Waals surface area contributed by atoms with Crippen LogP contribution in [0.3, 0.4) is 0 Å². The highest BCUT2D eigenvalue weighted by molar-refractivity contribution is 5.85. The zero-order valence-electron chi connectivity index (χ0n) is 12.6. The van der Waals surface area contributed by atoms with E-state index < -0.39 is 6.04 Å². The lowest BCUT2D eigenvalue weighted by Crippen LogP contribution is -2.22. The van der Waals surface area contributed by atoms with Gasteiger partial charge in [-0.15, -0.1) is 0 Å². The molecular formula is C17H20N2O2. The molecule has 0 saturated carbocycles. The Kier molecular flexibility index (Phi) is 4.93. The summed E-state index contributed by atoms with van der Waals surface area (Å²) in [5, 5.41) is 1.11. The van der Waals surface area contributed by atoms with E-state index in [4.69, 9.17) is 4.74 Å². The second kappa shape index (κ2) is 6.88. The Morgan fingerprint density at radius 3 is 2.86 bits per heavy atom. The maximum Gasteiger partial charge on any atom is 0.330 e. The summed E-state index contributed by atoms with van der Waals surface area (Å²) in [5.41, 5.74) is 3.26. The number of methoxy groups -OCH3 is 1. The minimum atomic E-state index is -0.523. The Hall–Kier alpha value is -2.36. The molecule has 0 radical (unpaired) electrons. The number of aromatic nitrogens is 1. The third kappa shape index (κ3) is 3.81. The Balaban J connectivity index is 2.24. The molecule has 110 valence electrons. The lowest BCUT2D eigenvalue weighted by atomic mass is 10.1. The number of H-pyrrole nitrogens is 1. The Bertz CT molecular complexity index is 679. The molecule has 4 heteroatoms. The minimum absolute atomic E-state index is 0.321. The molecule has 1 aromatic carbocycles. The second-order valence-electron chi connectivity index (χ2n) is 5.14.